The van der Waals surface area contributed by atoms with Crippen LogP contribution in [0.3, 0.4) is 0 Å². The van der Waals surface area contributed by atoms with Crippen molar-refractivity contribution in [1.82, 2.24) is 14.8 Å². The molecule has 2 aromatic heterocycles. The third-order valence-electron chi connectivity index (χ3n) is 2.39. The molecule has 2 aromatic rings. The van der Waals surface area contributed by atoms with Crippen molar-refractivity contribution in [2.45, 2.75) is 12.5 Å². The van der Waals surface area contributed by atoms with Gasteiger partial charge in [-0.2, -0.15) is 5.10 Å². The topological polar surface area (TPSA) is 56.7 Å². The highest BCUT2D eigenvalue weighted by molar-refractivity contribution is 5.12. The quantitative estimate of drug-likeness (QED) is 0.809. The molecular formula is C11H14N4. The van der Waals surface area contributed by atoms with E-state index in [-0.39, 0.29) is 6.04 Å². The molecule has 0 aromatic carbocycles. The molecule has 2 rings (SSSR count). The molecule has 0 amide bonds. The molecule has 15 heavy (non-hydrogen) atoms. The van der Waals surface area contributed by atoms with Crippen molar-refractivity contribution in [3.63, 3.8) is 0 Å². The number of hydrogen-bond donors (Lipinski definition) is 1. The Morgan fingerprint density at radius 2 is 2.20 bits per heavy atom. The average Bonchev–Trinajstić information content (AvgIpc) is 2.66. The predicted molar refractivity (Wildman–Crippen MR) is 58.1 cm³/mol. The summed E-state index contributed by atoms with van der Waals surface area (Å²) < 4.78 is 1.80. The highest BCUT2D eigenvalue weighted by atomic mass is 15.3. The molecule has 4 nitrogen and oxygen atoms in total. The Labute approximate surface area is 88.8 Å². The lowest BCUT2D eigenvalue weighted by molar-refractivity contribution is 0.611. The Kier molecular flexibility index (Phi) is 2.78. The maximum absolute atomic E-state index is 6.07. The maximum Gasteiger partial charge on any atom is 0.0552 e. The Balaban J connectivity index is 2.11. The van der Waals surface area contributed by atoms with Gasteiger partial charge in [-0.25, -0.2) is 0 Å². The van der Waals surface area contributed by atoms with Crippen LogP contribution in [0, 0.1) is 0 Å². The van der Waals surface area contributed by atoms with E-state index in [1.54, 1.807) is 17.1 Å². The van der Waals surface area contributed by atoms with Crippen molar-refractivity contribution < 1.29 is 0 Å². The summed E-state index contributed by atoms with van der Waals surface area (Å²) in [6, 6.07) is 7.74. The van der Waals surface area contributed by atoms with Gasteiger partial charge >= 0.3 is 0 Å². The maximum atomic E-state index is 6.07. The molecular weight excluding hydrogens is 188 g/mol. The summed E-state index contributed by atoms with van der Waals surface area (Å²) >= 11 is 0. The molecule has 0 fully saturated rings. The van der Waals surface area contributed by atoms with Gasteiger partial charge in [-0.15, -0.1) is 0 Å². The lowest BCUT2D eigenvalue weighted by Gasteiger charge is -2.11. The van der Waals surface area contributed by atoms with Gasteiger partial charge in [0.1, 0.15) is 0 Å². The second-order valence-corrected chi connectivity index (χ2v) is 3.51. The van der Waals surface area contributed by atoms with Gasteiger partial charge in [-0.3, -0.25) is 9.67 Å². The van der Waals surface area contributed by atoms with E-state index in [0.29, 0.717) is 0 Å². The van der Waals surface area contributed by atoms with Gasteiger partial charge in [-0.05, 0) is 18.2 Å². The van der Waals surface area contributed by atoms with Crippen LogP contribution in [0.1, 0.15) is 17.4 Å². The van der Waals surface area contributed by atoms with E-state index in [9.17, 15) is 0 Å². The summed E-state index contributed by atoms with van der Waals surface area (Å²) in [5.74, 6) is 0. The summed E-state index contributed by atoms with van der Waals surface area (Å²) in [6.45, 7) is 0. The summed E-state index contributed by atoms with van der Waals surface area (Å²) in [4.78, 5) is 4.25. The van der Waals surface area contributed by atoms with Crippen LogP contribution in [-0.2, 0) is 13.5 Å². The molecule has 78 valence electrons. The van der Waals surface area contributed by atoms with Crippen LogP contribution in [0.15, 0.2) is 36.7 Å². The molecule has 0 aliphatic heterocycles. The smallest absolute Gasteiger partial charge is 0.0552 e. The zero-order valence-electron chi connectivity index (χ0n) is 8.67. The van der Waals surface area contributed by atoms with Gasteiger partial charge in [0.2, 0.25) is 0 Å². The van der Waals surface area contributed by atoms with Gasteiger partial charge < -0.3 is 5.73 Å². The number of hydrogen-bond acceptors (Lipinski definition) is 3. The van der Waals surface area contributed by atoms with E-state index in [1.807, 2.05) is 31.3 Å². The van der Waals surface area contributed by atoms with Crippen molar-refractivity contribution in [2.24, 2.45) is 12.8 Å². The monoisotopic (exact) mass is 202 g/mol. The lowest BCUT2D eigenvalue weighted by Crippen LogP contribution is -2.17. The first-order valence-corrected chi connectivity index (χ1v) is 4.91. The summed E-state index contributed by atoms with van der Waals surface area (Å²) in [7, 11) is 1.90. The van der Waals surface area contributed by atoms with Crippen molar-refractivity contribution in [2.75, 3.05) is 0 Å². The summed E-state index contributed by atoms with van der Waals surface area (Å²) in [5, 5.41) is 4.10. The number of pyridine rings is 1. The fourth-order valence-electron chi connectivity index (χ4n) is 1.60. The first-order chi connectivity index (χ1) is 7.27. The molecule has 0 saturated heterocycles. The summed E-state index contributed by atoms with van der Waals surface area (Å²) in [6.07, 6.45) is 4.28. The van der Waals surface area contributed by atoms with Crippen LogP contribution in [0.25, 0.3) is 0 Å². The Hall–Kier alpha value is -1.68. The first-order valence-electron chi connectivity index (χ1n) is 4.91. The third kappa shape index (κ3) is 2.22. The fourth-order valence-corrected chi connectivity index (χ4v) is 1.60. The molecule has 2 N–H and O–H groups in total. The molecule has 0 aliphatic carbocycles. The molecule has 1 unspecified atom stereocenters. The lowest BCUT2D eigenvalue weighted by atomic mass is 10.1. The molecule has 0 aliphatic rings. The standard InChI is InChI=1S/C11H14N4/c1-15-11(5-7-14-15)10(12)8-9-4-2-3-6-13-9/h2-7,10H,8,12H2,1H3. The average molecular weight is 202 g/mol. The van der Waals surface area contributed by atoms with Crippen molar-refractivity contribution in [1.29, 1.82) is 0 Å². The van der Waals surface area contributed by atoms with Crippen LogP contribution >= 0.6 is 0 Å². The molecule has 0 spiro atoms. The van der Waals surface area contributed by atoms with Gasteiger partial charge in [0, 0.05) is 31.6 Å². The Morgan fingerprint density at radius 1 is 1.33 bits per heavy atom. The first kappa shape index (κ1) is 9.86. The molecule has 0 saturated carbocycles. The van der Waals surface area contributed by atoms with Crippen LogP contribution in [0.5, 0.6) is 0 Å². The molecule has 2 heterocycles. The Bertz CT molecular complexity index is 421. The van der Waals surface area contributed by atoms with Crippen molar-refractivity contribution >= 4 is 0 Å². The number of nitrogens with zero attached hydrogens (tertiary/aromatic N) is 3. The van der Waals surface area contributed by atoms with E-state index in [0.717, 1.165) is 17.8 Å². The fraction of sp³-hybridized carbons (Fsp3) is 0.273. The zero-order chi connectivity index (χ0) is 10.7. The van der Waals surface area contributed by atoms with Crippen molar-refractivity contribution in [3.8, 4) is 0 Å². The van der Waals surface area contributed by atoms with Gasteiger partial charge in [-0.1, -0.05) is 6.07 Å². The SMILES string of the molecule is Cn1nccc1C(N)Cc1ccccn1. The van der Waals surface area contributed by atoms with Gasteiger partial charge in [0.05, 0.1) is 11.7 Å². The molecule has 1 atom stereocenters. The van der Waals surface area contributed by atoms with Gasteiger partial charge in [0.25, 0.3) is 0 Å². The van der Waals surface area contributed by atoms with E-state index in [2.05, 4.69) is 10.1 Å². The Morgan fingerprint density at radius 3 is 2.80 bits per heavy atom. The van der Waals surface area contributed by atoms with Crippen LogP contribution < -0.4 is 5.73 Å². The van der Waals surface area contributed by atoms with Crippen molar-refractivity contribution in [3.05, 3.63) is 48.0 Å². The molecule has 4 heteroatoms. The molecule has 0 radical (unpaired) electrons. The minimum Gasteiger partial charge on any atom is -0.322 e. The normalized spacial score (nSPS) is 12.7. The van der Waals surface area contributed by atoms with E-state index >= 15 is 0 Å². The van der Waals surface area contributed by atoms with E-state index < -0.39 is 0 Å². The second kappa shape index (κ2) is 4.23. The number of aryl methyl sites for hydroxylation is 1. The highest BCUT2D eigenvalue weighted by Gasteiger charge is 2.10. The summed E-state index contributed by atoms with van der Waals surface area (Å²) in [5.41, 5.74) is 8.11. The molecule has 0 bridgehead atoms. The van der Waals surface area contributed by atoms with E-state index in [4.69, 9.17) is 5.73 Å². The van der Waals surface area contributed by atoms with Crippen LogP contribution in [0.2, 0.25) is 0 Å². The highest BCUT2D eigenvalue weighted by Crippen LogP contribution is 2.13. The predicted octanol–water partition coefficient (Wildman–Crippen LogP) is 1.06. The van der Waals surface area contributed by atoms with E-state index in [1.165, 1.54) is 0 Å². The number of nitrogens with two attached hydrogens (primary N) is 1. The number of aromatic nitrogens is 3. The minimum absolute atomic E-state index is 0.0487. The third-order valence-corrected chi connectivity index (χ3v) is 2.39. The van der Waals surface area contributed by atoms with Gasteiger partial charge in [0.15, 0.2) is 0 Å². The minimum atomic E-state index is -0.0487. The largest absolute Gasteiger partial charge is 0.322 e. The van der Waals surface area contributed by atoms with Crippen LogP contribution in [0.4, 0.5) is 0 Å². The van der Waals surface area contributed by atoms with Crippen LogP contribution in [-0.4, -0.2) is 14.8 Å². The second-order valence-electron chi connectivity index (χ2n) is 3.51. The zero-order valence-corrected chi connectivity index (χ0v) is 8.67. The number of rotatable bonds is 3.